The molecule has 0 saturated heterocycles. The number of hydrogen-bond acceptors (Lipinski definition) is 2. The second-order valence-corrected chi connectivity index (χ2v) is 5.43. The Labute approximate surface area is 113 Å². The zero-order chi connectivity index (χ0) is 13.4. The summed E-state index contributed by atoms with van der Waals surface area (Å²) in [6.45, 7) is 2.15. The van der Waals surface area contributed by atoms with E-state index >= 15 is 0 Å². The van der Waals surface area contributed by atoms with Crippen molar-refractivity contribution in [2.75, 3.05) is 7.11 Å². The predicted molar refractivity (Wildman–Crippen MR) is 76.2 cm³/mol. The van der Waals surface area contributed by atoms with E-state index in [4.69, 9.17) is 4.74 Å². The molecule has 0 fully saturated rings. The molecule has 1 aliphatic rings. The van der Waals surface area contributed by atoms with Crippen LogP contribution in [-0.4, -0.2) is 13.1 Å². The van der Waals surface area contributed by atoms with Crippen LogP contribution in [-0.2, 0) is 16.0 Å². The lowest BCUT2D eigenvalue weighted by atomic mass is 9.86. The Hall–Kier alpha value is -1.83. The molecule has 98 valence electrons. The molecular formula is C17H18O2. The van der Waals surface area contributed by atoms with Crippen LogP contribution < -0.4 is 0 Å². The van der Waals surface area contributed by atoms with E-state index in [0.717, 1.165) is 6.42 Å². The molecule has 19 heavy (non-hydrogen) atoms. The van der Waals surface area contributed by atoms with Crippen molar-refractivity contribution < 1.29 is 9.53 Å². The first kappa shape index (κ1) is 12.2. The largest absolute Gasteiger partial charge is 0.469 e. The first-order chi connectivity index (χ1) is 9.20. The molecule has 0 spiro atoms. The predicted octanol–water partition coefficient (Wildman–Crippen LogP) is 3.68. The standard InChI is InChI=1S/C17H18O2/c1-11(9-16(18)19-2)15-10-13-7-3-5-12-6-4-8-14(15)17(12)13/h3-8,11,15H,9-10H2,1-2H3. The second kappa shape index (κ2) is 4.69. The van der Waals surface area contributed by atoms with Gasteiger partial charge in [-0.05, 0) is 40.2 Å². The summed E-state index contributed by atoms with van der Waals surface area (Å²) < 4.78 is 4.79. The van der Waals surface area contributed by atoms with Gasteiger partial charge in [-0.25, -0.2) is 0 Å². The number of carbonyl (C=O) groups excluding carboxylic acids is 1. The molecule has 1 aliphatic carbocycles. The second-order valence-electron chi connectivity index (χ2n) is 5.43. The summed E-state index contributed by atoms with van der Waals surface area (Å²) in [5, 5.41) is 2.70. The maximum absolute atomic E-state index is 11.5. The third-order valence-corrected chi connectivity index (χ3v) is 4.27. The molecule has 0 amide bonds. The van der Waals surface area contributed by atoms with Crippen molar-refractivity contribution in [3.8, 4) is 0 Å². The lowest BCUT2D eigenvalue weighted by Gasteiger charge is -2.19. The minimum absolute atomic E-state index is 0.115. The summed E-state index contributed by atoms with van der Waals surface area (Å²) >= 11 is 0. The molecule has 0 N–H and O–H groups in total. The normalized spacial score (nSPS) is 18.5. The molecular weight excluding hydrogens is 236 g/mol. The summed E-state index contributed by atoms with van der Waals surface area (Å²) in [6, 6.07) is 13.0. The van der Waals surface area contributed by atoms with Crippen molar-refractivity contribution in [2.24, 2.45) is 5.92 Å². The maximum atomic E-state index is 11.5. The molecule has 0 heterocycles. The lowest BCUT2D eigenvalue weighted by molar-refractivity contribution is -0.141. The van der Waals surface area contributed by atoms with Gasteiger partial charge in [-0.1, -0.05) is 43.3 Å². The van der Waals surface area contributed by atoms with Crippen LogP contribution in [0.15, 0.2) is 36.4 Å². The third kappa shape index (κ3) is 2.01. The topological polar surface area (TPSA) is 26.3 Å². The minimum atomic E-state index is -0.115. The maximum Gasteiger partial charge on any atom is 0.305 e. The Kier molecular flexibility index (Phi) is 3.02. The SMILES string of the molecule is COC(=O)CC(C)C1Cc2cccc3cccc1c23. The van der Waals surface area contributed by atoms with E-state index in [1.54, 1.807) is 0 Å². The molecule has 0 aliphatic heterocycles. The Morgan fingerprint density at radius 3 is 2.79 bits per heavy atom. The first-order valence-electron chi connectivity index (χ1n) is 6.78. The van der Waals surface area contributed by atoms with Gasteiger partial charge in [0, 0.05) is 6.42 Å². The number of esters is 1. The average molecular weight is 254 g/mol. The van der Waals surface area contributed by atoms with Crippen LogP contribution in [0.1, 0.15) is 30.4 Å². The smallest absolute Gasteiger partial charge is 0.305 e. The van der Waals surface area contributed by atoms with Crippen LogP contribution in [0.4, 0.5) is 0 Å². The highest BCUT2D eigenvalue weighted by Crippen LogP contribution is 2.42. The van der Waals surface area contributed by atoms with Gasteiger partial charge in [-0.15, -0.1) is 0 Å². The number of methoxy groups -OCH3 is 1. The highest BCUT2D eigenvalue weighted by Gasteiger charge is 2.29. The summed E-state index contributed by atoms with van der Waals surface area (Å²) in [5.41, 5.74) is 2.80. The molecule has 2 unspecified atom stereocenters. The van der Waals surface area contributed by atoms with Crippen LogP contribution in [0.5, 0.6) is 0 Å². The van der Waals surface area contributed by atoms with Gasteiger partial charge >= 0.3 is 5.97 Å². The highest BCUT2D eigenvalue weighted by atomic mass is 16.5. The first-order valence-corrected chi connectivity index (χ1v) is 6.78. The van der Waals surface area contributed by atoms with Crippen molar-refractivity contribution in [3.05, 3.63) is 47.5 Å². The summed E-state index contributed by atoms with van der Waals surface area (Å²) in [6.07, 6.45) is 1.53. The fourth-order valence-electron chi connectivity index (χ4n) is 3.27. The number of ether oxygens (including phenoxy) is 1. The molecule has 0 radical (unpaired) electrons. The van der Waals surface area contributed by atoms with E-state index in [9.17, 15) is 4.79 Å². The summed E-state index contributed by atoms with van der Waals surface area (Å²) in [4.78, 5) is 11.5. The summed E-state index contributed by atoms with van der Waals surface area (Å²) in [5.74, 6) is 0.626. The zero-order valence-electron chi connectivity index (χ0n) is 11.3. The van der Waals surface area contributed by atoms with Gasteiger partial charge in [-0.2, -0.15) is 0 Å². The number of carbonyl (C=O) groups is 1. The van der Waals surface area contributed by atoms with Crippen molar-refractivity contribution in [1.82, 2.24) is 0 Å². The zero-order valence-corrected chi connectivity index (χ0v) is 11.3. The molecule has 2 atom stereocenters. The van der Waals surface area contributed by atoms with Crippen LogP contribution in [0.2, 0.25) is 0 Å². The average Bonchev–Trinajstić information content (AvgIpc) is 2.80. The minimum Gasteiger partial charge on any atom is -0.469 e. The molecule has 3 rings (SSSR count). The van der Waals surface area contributed by atoms with Crippen molar-refractivity contribution in [1.29, 1.82) is 0 Å². The van der Waals surface area contributed by atoms with Gasteiger partial charge in [0.1, 0.15) is 0 Å². The molecule has 0 aromatic heterocycles. The van der Waals surface area contributed by atoms with Crippen LogP contribution in [0, 0.1) is 5.92 Å². The van der Waals surface area contributed by atoms with Crippen molar-refractivity contribution >= 4 is 16.7 Å². The van der Waals surface area contributed by atoms with Crippen molar-refractivity contribution in [3.63, 3.8) is 0 Å². The molecule has 0 saturated carbocycles. The Morgan fingerprint density at radius 2 is 2.05 bits per heavy atom. The Morgan fingerprint density at radius 1 is 1.32 bits per heavy atom. The van der Waals surface area contributed by atoms with E-state index in [-0.39, 0.29) is 5.97 Å². The van der Waals surface area contributed by atoms with Gasteiger partial charge in [0.25, 0.3) is 0 Å². The molecule has 2 aromatic rings. The Balaban J connectivity index is 1.97. The monoisotopic (exact) mass is 254 g/mol. The van der Waals surface area contributed by atoms with Gasteiger partial charge in [0.2, 0.25) is 0 Å². The fraction of sp³-hybridized carbons (Fsp3) is 0.353. The van der Waals surface area contributed by atoms with Gasteiger partial charge in [0.15, 0.2) is 0 Å². The number of rotatable bonds is 3. The van der Waals surface area contributed by atoms with Crippen LogP contribution in [0.3, 0.4) is 0 Å². The third-order valence-electron chi connectivity index (χ3n) is 4.27. The van der Waals surface area contributed by atoms with E-state index in [2.05, 4.69) is 43.3 Å². The quantitative estimate of drug-likeness (QED) is 0.781. The van der Waals surface area contributed by atoms with E-state index < -0.39 is 0 Å². The highest BCUT2D eigenvalue weighted by molar-refractivity contribution is 5.91. The fourth-order valence-corrected chi connectivity index (χ4v) is 3.27. The molecule has 2 heteroatoms. The van der Waals surface area contributed by atoms with Crippen molar-refractivity contribution in [2.45, 2.75) is 25.7 Å². The Bertz CT molecular complexity index is 625. The lowest BCUT2D eigenvalue weighted by Crippen LogP contribution is -2.14. The van der Waals surface area contributed by atoms with Gasteiger partial charge in [0.05, 0.1) is 7.11 Å². The van der Waals surface area contributed by atoms with E-state index in [1.807, 2.05) is 0 Å². The molecule has 2 aromatic carbocycles. The number of hydrogen-bond donors (Lipinski definition) is 0. The van der Waals surface area contributed by atoms with E-state index in [0.29, 0.717) is 18.3 Å². The van der Waals surface area contributed by atoms with Crippen LogP contribution >= 0.6 is 0 Å². The van der Waals surface area contributed by atoms with E-state index in [1.165, 1.54) is 29.0 Å². The molecule has 0 bridgehead atoms. The number of benzene rings is 2. The van der Waals surface area contributed by atoms with Gasteiger partial charge in [-0.3, -0.25) is 4.79 Å². The molecule has 2 nitrogen and oxygen atoms in total. The van der Waals surface area contributed by atoms with Crippen LogP contribution in [0.25, 0.3) is 10.8 Å². The van der Waals surface area contributed by atoms with Gasteiger partial charge < -0.3 is 4.74 Å². The summed E-state index contributed by atoms with van der Waals surface area (Å²) in [7, 11) is 1.46.